The van der Waals surface area contributed by atoms with Crippen molar-refractivity contribution in [2.45, 2.75) is 6.92 Å². The van der Waals surface area contributed by atoms with Gasteiger partial charge in [0, 0.05) is 16.8 Å². The quantitative estimate of drug-likeness (QED) is 0.853. The second-order valence-electron chi connectivity index (χ2n) is 4.36. The highest BCUT2D eigenvalue weighted by Gasteiger charge is 2.04. The van der Waals surface area contributed by atoms with Gasteiger partial charge in [-0.2, -0.15) is 0 Å². The minimum atomic E-state index is -1.02. The first kappa shape index (κ1) is 15.1. The lowest BCUT2D eigenvalue weighted by Gasteiger charge is -2.06. The van der Waals surface area contributed by atoms with E-state index in [4.69, 9.17) is 21.4 Å². The van der Waals surface area contributed by atoms with Crippen LogP contribution in [0, 0.1) is 6.92 Å². The third-order valence-corrected chi connectivity index (χ3v) is 3.26. The highest BCUT2D eigenvalue weighted by Crippen LogP contribution is 2.26. The number of carboxylic acid groups (broad SMARTS) is 1. The zero-order valence-corrected chi connectivity index (χ0v) is 12.2. The van der Waals surface area contributed by atoms with Crippen LogP contribution in [-0.2, 0) is 4.79 Å². The molecule has 0 heterocycles. The van der Waals surface area contributed by atoms with E-state index in [-0.39, 0.29) is 6.61 Å². The number of hydrogen-bond acceptors (Lipinski definition) is 3. The van der Waals surface area contributed by atoms with Gasteiger partial charge < -0.3 is 9.84 Å². The lowest BCUT2D eigenvalue weighted by atomic mass is 10.2. The van der Waals surface area contributed by atoms with Crippen molar-refractivity contribution in [2.75, 3.05) is 6.61 Å². The Morgan fingerprint density at radius 3 is 2.81 bits per heavy atom. The Hall–Kier alpha value is -2.33. The molecule has 0 atom stereocenters. The Kier molecular flexibility index (Phi) is 4.95. The summed E-state index contributed by atoms with van der Waals surface area (Å²) in [6, 6.07) is 12.6. The van der Waals surface area contributed by atoms with Gasteiger partial charge in [0.1, 0.15) is 5.75 Å². The Bertz CT molecular complexity index is 683. The number of ether oxygens (including phenoxy) is 1. The molecule has 0 unspecified atom stereocenters. The van der Waals surface area contributed by atoms with Gasteiger partial charge in [-0.25, -0.2) is 4.79 Å². The van der Waals surface area contributed by atoms with Gasteiger partial charge in [0.15, 0.2) is 6.61 Å². The fourth-order valence-corrected chi connectivity index (χ4v) is 1.90. The third-order valence-electron chi connectivity index (χ3n) is 2.85. The first-order valence-corrected chi connectivity index (χ1v) is 6.68. The molecular formula is C16H14ClNO3. The Balaban J connectivity index is 2.24. The predicted octanol–water partition coefficient (Wildman–Crippen LogP) is 3.86. The second kappa shape index (κ2) is 6.90. The molecular weight excluding hydrogens is 290 g/mol. The van der Waals surface area contributed by atoms with Crippen molar-refractivity contribution in [3.63, 3.8) is 0 Å². The van der Waals surface area contributed by atoms with Crippen LogP contribution in [0.4, 0.5) is 5.69 Å². The minimum Gasteiger partial charge on any atom is -0.481 e. The first-order valence-electron chi connectivity index (χ1n) is 6.30. The van der Waals surface area contributed by atoms with Gasteiger partial charge in [-0.05, 0) is 36.8 Å². The molecule has 0 aliphatic rings. The molecule has 2 aromatic carbocycles. The second-order valence-corrected chi connectivity index (χ2v) is 4.77. The average molecular weight is 304 g/mol. The van der Waals surface area contributed by atoms with Gasteiger partial charge in [0.05, 0.1) is 5.69 Å². The first-order chi connectivity index (χ1) is 10.1. The molecule has 4 nitrogen and oxygen atoms in total. The molecule has 0 bridgehead atoms. The van der Waals surface area contributed by atoms with Crippen molar-refractivity contribution in [1.29, 1.82) is 0 Å². The van der Waals surface area contributed by atoms with E-state index in [1.165, 1.54) is 0 Å². The summed E-state index contributed by atoms with van der Waals surface area (Å²) in [5.41, 5.74) is 2.35. The number of benzene rings is 2. The van der Waals surface area contributed by atoms with Gasteiger partial charge in [-0.3, -0.25) is 4.99 Å². The number of para-hydroxylation sites is 1. The number of nitrogens with zero attached hydrogens (tertiary/aromatic N) is 1. The number of hydrogen-bond donors (Lipinski definition) is 1. The van der Waals surface area contributed by atoms with Crippen molar-refractivity contribution in [2.24, 2.45) is 4.99 Å². The number of carbonyl (C=O) groups is 1. The molecule has 21 heavy (non-hydrogen) atoms. The lowest BCUT2D eigenvalue weighted by Crippen LogP contribution is -2.10. The van der Waals surface area contributed by atoms with E-state index in [0.717, 1.165) is 11.3 Å². The maximum Gasteiger partial charge on any atom is 0.341 e. The summed E-state index contributed by atoms with van der Waals surface area (Å²) in [7, 11) is 0. The molecule has 0 spiro atoms. The summed E-state index contributed by atoms with van der Waals surface area (Å²) in [6.07, 6.45) is 1.63. The molecule has 0 aliphatic carbocycles. The van der Waals surface area contributed by atoms with E-state index in [1.54, 1.807) is 30.5 Å². The largest absolute Gasteiger partial charge is 0.481 e. The van der Waals surface area contributed by atoms with Crippen molar-refractivity contribution < 1.29 is 14.6 Å². The Labute approximate surface area is 127 Å². The number of carboxylic acids is 1. The van der Waals surface area contributed by atoms with Gasteiger partial charge in [-0.1, -0.05) is 29.8 Å². The van der Waals surface area contributed by atoms with Gasteiger partial charge >= 0.3 is 5.97 Å². The molecule has 0 saturated heterocycles. The van der Waals surface area contributed by atoms with Crippen LogP contribution in [0.1, 0.15) is 11.1 Å². The Morgan fingerprint density at radius 2 is 2.05 bits per heavy atom. The summed E-state index contributed by atoms with van der Waals surface area (Å²) in [4.78, 5) is 15.0. The van der Waals surface area contributed by atoms with Crippen LogP contribution in [0.5, 0.6) is 5.75 Å². The van der Waals surface area contributed by atoms with Crippen molar-refractivity contribution in [3.05, 3.63) is 58.6 Å². The zero-order valence-electron chi connectivity index (χ0n) is 11.4. The number of aliphatic carboxylic acids is 1. The zero-order chi connectivity index (χ0) is 15.2. The molecule has 0 amide bonds. The number of rotatable bonds is 5. The molecule has 0 fully saturated rings. The van der Waals surface area contributed by atoms with E-state index < -0.39 is 5.97 Å². The monoisotopic (exact) mass is 303 g/mol. The van der Waals surface area contributed by atoms with E-state index >= 15 is 0 Å². The molecule has 2 aromatic rings. The molecule has 1 N–H and O–H groups in total. The number of halogens is 1. The van der Waals surface area contributed by atoms with Crippen LogP contribution in [0.15, 0.2) is 47.5 Å². The summed E-state index contributed by atoms with van der Waals surface area (Å²) < 4.78 is 5.22. The Morgan fingerprint density at radius 1 is 1.29 bits per heavy atom. The predicted molar refractivity (Wildman–Crippen MR) is 83.0 cm³/mol. The van der Waals surface area contributed by atoms with Crippen LogP contribution >= 0.6 is 11.6 Å². The van der Waals surface area contributed by atoms with Gasteiger partial charge in [0.2, 0.25) is 0 Å². The molecule has 108 valence electrons. The van der Waals surface area contributed by atoms with Crippen LogP contribution in [0.25, 0.3) is 0 Å². The standard InChI is InChI=1S/C16H14ClNO3/c1-11-13(17)6-4-7-14(11)18-9-12-5-2-3-8-15(12)21-10-16(19)20/h2-9H,10H2,1H3,(H,19,20). The molecule has 0 aromatic heterocycles. The van der Waals surface area contributed by atoms with Crippen molar-refractivity contribution in [1.82, 2.24) is 0 Å². The molecule has 0 aliphatic heterocycles. The summed E-state index contributed by atoms with van der Waals surface area (Å²) in [5.74, 6) is -0.546. The van der Waals surface area contributed by atoms with Gasteiger partial charge in [-0.15, -0.1) is 0 Å². The van der Waals surface area contributed by atoms with E-state index in [1.807, 2.05) is 25.1 Å². The van der Waals surface area contributed by atoms with Gasteiger partial charge in [0.25, 0.3) is 0 Å². The van der Waals surface area contributed by atoms with E-state index in [0.29, 0.717) is 16.3 Å². The van der Waals surface area contributed by atoms with Crippen LogP contribution in [0.3, 0.4) is 0 Å². The molecule has 0 radical (unpaired) electrons. The van der Waals surface area contributed by atoms with E-state index in [2.05, 4.69) is 4.99 Å². The summed E-state index contributed by atoms with van der Waals surface area (Å²) in [5, 5.41) is 9.32. The maximum atomic E-state index is 10.6. The SMILES string of the molecule is Cc1c(Cl)cccc1N=Cc1ccccc1OCC(=O)O. The smallest absolute Gasteiger partial charge is 0.341 e. The van der Waals surface area contributed by atoms with Crippen molar-refractivity contribution >= 4 is 29.5 Å². The van der Waals surface area contributed by atoms with Crippen molar-refractivity contribution in [3.8, 4) is 5.75 Å². The summed E-state index contributed by atoms with van der Waals surface area (Å²) >= 11 is 6.05. The molecule has 5 heteroatoms. The third kappa shape index (κ3) is 4.07. The molecule has 2 rings (SSSR count). The van der Waals surface area contributed by atoms with Crippen LogP contribution in [0.2, 0.25) is 5.02 Å². The number of aliphatic imine (C=N–C) groups is 1. The van der Waals surface area contributed by atoms with E-state index in [9.17, 15) is 4.79 Å². The maximum absolute atomic E-state index is 10.6. The normalized spacial score (nSPS) is 10.8. The van der Waals surface area contributed by atoms with Crippen LogP contribution in [-0.4, -0.2) is 23.9 Å². The van der Waals surface area contributed by atoms with Crippen LogP contribution < -0.4 is 4.74 Å². The summed E-state index contributed by atoms with van der Waals surface area (Å²) in [6.45, 7) is 1.50. The topological polar surface area (TPSA) is 58.9 Å². The highest BCUT2D eigenvalue weighted by molar-refractivity contribution is 6.31. The lowest BCUT2D eigenvalue weighted by molar-refractivity contribution is -0.139. The average Bonchev–Trinajstić information content (AvgIpc) is 2.47. The molecule has 0 saturated carbocycles. The fourth-order valence-electron chi connectivity index (χ4n) is 1.73. The minimum absolute atomic E-state index is 0.388. The highest BCUT2D eigenvalue weighted by atomic mass is 35.5. The fraction of sp³-hybridized carbons (Fsp3) is 0.125.